The summed E-state index contributed by atoms with van der Waals surface area (Å²) in [6.45, 7) is 18.4. The molecule has 0 unspecified atom stereocenters. The van der Waals surface area contributed by atoms with Crippen LogP contribution in [0.4, 0.5) is 0 Å². The summed E-state index contributed by atoms with van der Waals surface area (Å²) in [7, 11) is -5.42. The molecule has 11 heteroatoms. The second kappa shape index (κ2) is 14.3. The Balaban J connectivity index is 2.96. The predicted molar refractivity (Wildman–Crippen MR) is 162 cm³/mol. The van der Waals surface area contributed by atoms with Crippen molar-refractivity contribution in [2.75, 3.05) is 24.7 Å². The van der Waals surface area contributed by atoms with Gasteiger partial charge in [0.25, 0.3) is 0 Å². The van der Waals surface area contributed by atoms with Gasteiger partial charge in [-0.15, -0.1) is 0 Å². The molecule has 0 radical (unpaired) electrons. The van der Waals surface area contributed by atoms with Crippen molar-refractivity contribution in [3.05, 3.63) is 35.4 Å². The Morgan fingerprint density at radius 1 is 0.976 bits per heavy atom. The van der Waals surface area contributed by atoms with Gasteiger partial charge in [-0.3, -0.25) is 14.4 Å². The van der Waals surface area contributed by atoms with Crippen LogP contribution < -0.4 is 0 Å². The summed E-state index contributed by atoms with van der Waals surface area (Å²) in [5, 5.41) is 10.2. The third kappa shape index (κ3) is 11.9. The minimum atomic E-state index is -3.37. The standard InChI is InChI=1S/C30H50O9SSi/c1-22(31)37-20-26(39-23(2)32)24-13-11-14-25(19-24)30(8,27(33)34)16-12-15-29(6,7)21-40(35,36)18-17-38-41(9,10)28(3,4)5/h11,13-14,19,26H,12,15-18,20-21H2,1-10H3,(H,33,34)/t26-,30-/m1/s1. The SMILES string of the molecule is CC(=O)OC[C@@H](OC(C)=O)c1cccc([C@@](C)(CCCC(C)(C)CS(=O)(=O)CCO[Si](C)(C)C(C)(C)C)C(=O)O)c1. The summed E-state index contributed by atoms with van der Waals surface area (Å²) >= 11 is 0. The van der Waals surface area contributed by atoms with Crippen molar-refractivity contribution in [1.29, 1.82) is 0 Å². The molecule has 1 N–H and O–H groups in total. The van der Waals surface area contributed by atoms with Gasteiger partial charge in [0.05, 0.1) is 16.9 Å². The first-order chi connectivity index (χ1) is 18.5. The van der Waals surface area contributed by atoms with Gasteiger partial charge in [0.2, 0.25) is 0 Å². The molecule has 0 fully saturated rings. The van der Waals surface area contributed by atoms with Crippen molar-refractivity contribution in [2.45, 2.75) is 104 Å². The van der Waals surface area contributed by atoms with E-state index in [-0.39, 0.29) is 36.2 Å². The molecule has 2 atom stereocenters. The molecule has 0 aliphatic carbocycles. The molecule has 0 spiro atoms. The number of aliphatic carboxylic acids is 1. The Morgan fingerprint density at radius 2 is 1.59 bits per heavy atom. The highest BCUT2D eigenvalue weighted by molar-refractivity contribution is 7.91. The number of benzene rings is 1. The number of hydrogen-bond donors (Lipinski definition) is 1. The fourth-order valence-electron chi connectivity index (χ4n) is 4.35. The van der Waals surface area contributed by atoms with Gasteiger partial charge < -0.3 is 19.0 Å². The number of ether oxygens (including phenoxy) is 2. The first-order valence-corrected chi connectivity index (χ1v) is 18.7. The molecule has 41 heavy (non-hydrogen) atoms. The maximum absolute atomic E-state index is 12.9. The summed E-state index contributed by atoms with van der Waals surface area (Å²) in [6.07, 6.45) is 0.391. The van der Waals surface area contributed by atoms with Crippen LogP contribution in [0.3, 0.4) is 0 Å². The van der Waals surface area contributed by atoms with E-state index in [1.807, 2.05) is 13.8 Å². The second-order valence-corrected chi connectivity index (χ2v) is 20.4. The molecule has 0 aliphatic rings. The molecule has 9 nitrogen and oxygen atoms in total. The Labute approximate surface area is 247 Å². The lowest BCUT2D eigenvalue weighted by Crippen LogP contribution is -2.42. The highest BCUT2D eigenvalue weighted by Crippen LogP contribution is 2.37. The lowest BCUT2D eigenvalue weighted by atomic mass is 9.76. The highest BCUT2D eigenvalue weighted by atomic mass is 32.2. The average Bonchev–Trinajstić information content (AvgIpc) is 2.79. The summed E-state index contributed by atoms with van der Waals surface area (Å²) < 4.78 is 42.3. The van der Waals surface area contributed by atoms with Crippen LogP contribution in [-0.4, -0.2) is 64.5 Å². The van der Waals surface area contributed by atoms with Gasteiger partial charge in [-0.25, -0.2) is 8.42 Å². The molecule has 1 aromatic carbocycles. The average molecular weight is 615 g/mol. The maximum Gasteiger partial charge on any atom is 0.313 e. The zero-order valence-electron chi connectivity index (χ0n) is 26.5. The van der Waals surface area contributed by atoms with Gasteiger partial charge in [0, 0.05) is 20.5 Å². The van der Waals surface area contributed by atoms with Crippen molar-refractivity contribution < 1.29 is 41.8 Å². The molecular weight excluding hydrogens is 564 g/mol. The molecule has 0 heterocycles. The van der Waals surface area contributed by atoms with Gasteiger partial charge in [-0.1, -0.05) is 65.3 Å². The number of hydrogen-bond acceptors (Lipinski definition) is 8. The van der Waals surface area contributed by atoms with Crippen LogP contribution in [0.15, 0.2) is 24.3 Å². The molecule has 1 rings (SSSR count). The van der Waals surface area contributed by atoms with Gasteiger partial charge in [0.1, 0.15) is 6.61 Å². The van der Waals surface area contributed by atoms with Crippen LogP contribution in [0.5, 0.6) is 0 Å². The zero-order chi connectivity index (χ0) is 31.9. The molecule has 234 valence electrons. The first-order valence-electron chi connectivity index (χ1n) is 14.0. The van der Waals surface area contributed by atoms with E-state index in [0.29, 0.717) is 24.0 Å². The van der Waals surface area contributed by atoms with E-state index in [1.54, 1.807) is 31.2 Å². The third-order valence-electron chi connectivity index (χ3n) is 7.92. The number of carboxylic acids is 1. The van der Waals surface area contributed by atoms with E-state index in [9.17, 15) is 27.9 Å². The minimum absolute atomic E-state index is 0.00393. The quantitative estimate of drug-likeness (QED) is 0.180. The second-order valence-electron chi connectivity index (χ2n) is 13.4. The van der Waals surface area contributed by atoms with Crippen LogP contribution in [0, 0.1) is 5.41 Å². The van der Waals surface area contributed by atoms with E-state index >= 15 is 0 Å². The van der Waals surface area contributed by atoms with E-state index in [4.69, 9.17) is 13.9 Å². The van der Waals surface area contributed by atoms with E-state index in [1.165, 1.54) is 13.8 Å². The van der Waals surface area contributed by atoms with E-state index in [2.05, 4.69) is 33.9 Å². The molecular formula is C30H50O9SSi. The number of sulfone groups is 1. The topological polar surface area (TPSA) is 133 Å². The van der Waals surface area contributed by atoms with Gasteiger partial charge in [-0.2, -0.15) is 0 Å². The summed E-state index contributed by atoms with van der Waals surface area (Å²) in [5.74, 6) is -2.16. The fourth-order valence-corrected chi connectivity index (χ4v) is 7.36. The third-order valence-corrected chi connectivity index (χ3v) is 14.5. The Bertz CT molecular complexity index is 1170. The smallest absolute Gasteiger partial charge is 0.313 e. The van der Waals surface area contributed by atoms with Gasteiger partial charge in [0.15, 0.2) is 24.3 Å². The summed E-state index contributed by atoms with van der Waals surface area (Å²) in [6, 6.07) is 6.72. The lowest BCUT2D eigenvalue weighted by molar-refractivity contribution is -0.156. The lowest BCUT2D eigenvalue weighted by Gasteiger charge is -2.36. The summed E-state index contributed by atoms with van der Waals surface area (Å²) in [4.78, 5) is 35.4. The fraction of sp³-hybridized carbons (Fsp3) is 0.700. The largest absolute Gasteiger partial charge is 0.481 e. The predicted octanol–water partition coefficient (Wildman–Crippen LogP) is 5.83. The van der Waals surface area contributed by atoms with Crippen molar-refractivity contribution in [1.82, 2.24) is 0 Å². The summed E-state index contributed by atoms with van der Waals surface area (Å²) in [5.41, 5.74) is -0.806. The van der Waals surface area contributed by atoms with Crippen LogP contribution in [0.2, 0.25) is 18.1 Å². The van der Waals surface area contributed by atoms with E-state index < -0.39 is 53.0 Å². The van der Waals surface area contributed by atoms with Crippen molar-refractivity contribution in [3.8, 4) is 0 Å². The van der Waals surface area contributed by atoms with Crippen molar-refractivity contribution >= 4 is 36.1 Å². The molecule has 1 aromatic rings. The monoisotopic (exact) mass is 614 g/mol. The molecule has 0 amide bonds. The van der Waals surface area contributed by atoms with Crippen LogP contribution >= 0.6 is 0 Å². The minimum Gasteiger partial charge on any atom is -0.481 e. The van der Waals surface area contributed by atoms with Crippen LogP contribution in [-0.2, 0) is 43.5 Å². The number of esters is 2. The molecule has 0 saturated heterocycles. The Hall–Kier alpha value is -2.24. The maximum atomic E-state index is 12.9. The van der Waals surface area contributed by atoms with Crippen molar-refractivity contribution in [3.63, 3.8) is 0 Å². The number of carboxylic acid groups (broad SMARTS) is 1. The number of rotatable bonds is 16. The van der Waals surface area contributed by atoms with Crippen LogP contribution in [0.1, 0.15) is 91.9 Å². The number of carbonyl (C=O) groups excluding carboxylic acids is 2. The molecule has 0 aromatic heterocycles. The molecule has 0 saturated carbocycles. The first kappa shape index (κ1) is 36.8. The highest BCUT2D eigenvalue weighted by Gasteiger charge is 2.38. The van der Waals surface area contributed by atoms with Gasteiger partial charge in [-0.05, 0) is 54.4 Å². The number of carbonyl (C=O) groups is 3. The van der Waals surface area contributed by atoms with Gasteiger partial charge >= 0.3 is 17.9 Å². The molecule has 0 bridgehead atoms. The Morgan fingerprint density at radius 3 is 2.10 bits per heavy atom. The van der Waals surface area contributed by atoms with E-state index in [0.717, 1.165) is 0 Å². The Kier molecular flexibility index (Phi) is 12.8. The molecule has 0 aliphatic heterocycles. The zero-order valence-corrected chi connectivity index (χ0v) is 28.3. The van der Waals surface area contributed by atoms with Crippen molar-refractivity contribution in [2.24, 2.45) is 5.41 Å². The normalized spacial score (nSPS) is 15.1. The van der Waals surface area contributed by atoms with Crippen LogP contribution in [0.25, 0.3) is 0 Å².